The number of morpholine rings is 1. The monoisotopic (exact) mass is 363 g/mol. The number of benzene rings is 1. The van der Waals surface area contributed by atoms with Gasteiger partial charge in [-0.25, -0.2) is 9.67 Å². The molecule has 138 valence electrons. The zero-order valence-electron chi connectivity index (χ0n) is 14.9. The average molecular weight is 363 g/mol. The summed E-state index contributed by atoms with van der Waals surface area (Å²) < 4.78 is 7.26. The van der Waals surface area contributed by atoms with Gasteiger partial charge in [-0.15, -0.1) is 5.10 Å². The number of aromatic nitrogens is 4. The van der Waals surface area contributed by atoms with Crippen LogP contribution in [0.15, 0.2) is 48.8 Å². The van der Waals surface area contributed by atoms with Crippen molar-refractivity contribution < 1.29 is 9.84 Å². The molecule has 1 aromatic carbocycles. The molecule has 27 heavy (non-hydrogen) atoms. The number of ether oxygens (including phenoxy) is 1. The third-order valence-electron chi connectivity index (χ3n) is 4.38. The van der Waals surface area contributed by atoms with Gasteiger partial charge in [0.05, 0.1) is 25.4 Å². The van der Waals surface area contributed by atoms with E-state index in [4.69, 9.17) is 4.74 Å². The fraction of sp³-hybridized carbons (Fsp3) is 0.250. The van der Waals surface area contributed by atoms with Crippen molar-refractivity contribution in [2.45, 2.75) is 6.67 Å². The molecule has 1 N–H and O–H groups in total. The average Bonchev–Trinajstić information content (AvgIpc) is 3.11. The van der Waals surface area contributed by atoms with Crippen LogP contribution in [0.5, 0.6) is 5.75 Å². The number of hydrogen-bond donors (Lipinski definition) is 1. The van der Waals surface area contributed by atoms with Crippen LogP contribution < -0.4 is 0 Å². The highest BCUT2D eigenvalue weighted by Crippen LogP contribution is 2.27. The summed E-state index contributed by atoms with van der Waals surface area (Å²) in [6, 6.07) is 11.0. The third kappa shape index (κ3) is 4.21. The van der Waals surface area contributed by atoms with Crippen LogP contribution in [-0.4, -0.2) is 56.1 Å². The van der Waals surface area contributed by atoms with E-state index in [9.17, 15) is 5.11 Å². The van der Waals surface area contributed by atoms with Gasteiger partial charge in [-0.3, -0.25) is 9.88 Å². The molecule has 0 bridgehead atoms. The number of nitrogens with zero attached hydrogens (tertiary/aromatic N) is 5. The molecular weight excluding hydrogens is 342 g/mol. The molecule has 2 aromatic heterocycles. The fourth-order valence-corrected chi connectivity index (χ4v) is 2.97. The second-order valence-corrected chi connectivity index (χ2v) is 6.30. The minimum Gasteiger partial charge on any atom is -0.507 e. The zero-order valence-corrected chi connectivity index (χ0v) is 14.9. The van der Waals surface area contributed by atoms with E-state index in [0.717, 1.165) is 18.7 Å². The molecule has 1 aliphatic heterocycles. The maximum absolute atomic E-state index is 10.3. The van der Waals surface area contributed by atoms with E-state index in [1.807, 2.05) is 41.1 Å². The van der Waals surface area contributed by atoms with E-state index in [2.05, 4.69) is 20.0 Å². The molecular formula is C20H21N5O2. The molecule has 4 rings (SSSR count). The minimum atomic E-state index is 0.191. The Morgan fingerprint density at radius 2 is 1.93 bits per heavy atom. The molecule has 0 amide bonds. The maximum atomic E-state index is 10.3. The highest BCUT2D eigenvalue weighted by Gasteiger charge is 2.18. The summed E-state index contributed by atoms with van der Waals surface area (Å²) in [4.78, 5) is 11.0. The number of rotatable bonds is 5. The van der Waals surface area contributed by atoms with Crippen molar-refractivity contribution in [3.05, 3.63) is 60.2 Å². The predicted molar refractivity (Wildman–Crippen MR) is 103 cm³/mol. The molecule has 3 heterocycles. The van der Waals surface area contributed by atoms with E-state index < -0.39 is 0 Å². The van der Waals surface area contributed by atoms with Gasteiger partial charge in [0, 0.05) is 25.5 Å². The highest BCUT2D eigenvalue weighted by molar-refractivity contribution is 5.69. The van der Waals surface area contributed by atoms with Gasteiger partial charge in [0.1, 0.15) is 5.75 Å². The fourth-order valence-electron chi connectivity index (χ4n) is 2.97. The molecule has 0 radical (unpaired) electrons. The van der Waals surface area contributed by atoms with Crippen LogP contribution in [0, 0.1) is 0 Å². The van der Waals surface area contributed by atoms with Crippen molar-refractivity contribution in [2.24, 2.45) is 0 Å². The third-order valence-corrected chi connectivity index (χ3v) is 4.38. The van der Waals surface area contributed by atoms with E-state index in [-0.39, 0.29) is 5.75 Å². The Morgan fingerprint density at radius 1 is 1.07 bits per heavy atom. The van der Waals surface area contributed by atoms with Gasteiger partial charge in [0.15, 0.2) is 11.6 Å². The summed E-state index contributed by atoms with van der Waals surface area (Å²) in [5, 5.41) is 14.9. The Morgan fingerprint density at radius 3 is 2.70 bits per heavy atom. The Balaban J connectivity index is 1.66. The van der Waals surface area contributed by atoms with E-state index in [0.29, 0.717) is 37.1 Å². The quantitative estimate of drug-likeness (QED) is 0.751. The van der Waals surface area contributed by atoms with Crippen molar-refractivity contribution in [1.82, 2.24) is 24.6 Å². The first-order chi connectivity index (χ1) is 13.3. The van der Waals surface area contributed by atoms with Crippen LogP contribution in [0.2, 0.25) is 0 Å². The van der Waals surface area contributed by atoms with Gasteiger partial charge < -0.3 is 9.84 Å². The number of phenolic OH excluding ortho intramolecular Hbond substituents is 1. The van der Waals surface area contributed by atoms with Gasteiger partial charge >= 0.3 is 0 Å². The first-order valence-electron chi connectivity index (χ1n) is 8.91. The molecule has 1 aliphatic rings. The van der Waals surface area contributed by atoms with Crippen molar-refractivity contribution in [3.8, 4) is 17.1 Å². The summed E-state index contributed by atoms with van der Waals surface area (Å²) in [5.74, 6) is 1.42. The Labute approximate surface area is 157 Å². The molecule has 0 saturated carbocycles. The summed E-state index contributed by atoms with van der Waals surface area (Å²) in [5.41, 5.74) is 1.64. The Bertz CT molecular complexity index is 917. The van der Waals surface area contributed by atoms with Crippen LogP contribution in [-0.2, 0) is 11.4 Å². The van der Waals surface area contributed by atoms with Crippen molar-refractivity contribution >= 4 is 12.2 Å². The number of hydrogen-bond acceptors (Lipinski definition) is 6. The molecule has 1 fully saturated rings. The SMILES string of the molecule is Oc1ccccc1-c1nc(/C=C/c2cccnc2)nn1CN1CCOCC1. The minimum absolute atomic E-state index is 0.191. The molecule has 1 saturated heterocycles. The lowest BCUT2D eigenvalue weighted by atomic mass is 10.2. The van der Waals surface area contributed by atoms with E-state index in [1.165, 1.54) is 0 Å². The number of para-hydroxylation sites is 1. The molecule has 0 aliphatic carbocycles. The molecule has 0 atom stereocenters. The van der Waals surface area contributed by atoms with Crippen LogP contribution in [0.1, 0.15) is 11.4 Å². The van der Waals surface area contributed by atoms with Gasteiger partial charge in [-0.1, -0.05) is 18.2 Å². The Hall–Kier alpha value is -3.03. The lowest BCUT2D eigenvalue weighted by molar-refractivity contribution is 0.0216. The van der Waals surface area contributed by atoms with Gasteiger partial charge in [0.2, 0.25) is 0 Å². The number of phenols is 1. The number of aromatic hydroxyl groups is 1. The highest BCUT2D eigenvalue weighted by atomic mass is 16.5. The summed E-state index contributed by atoms with van der Waals surface area (Å²) in [6.45, 7) is 3.73. The Kier molecular flexibility index (Phi) is 5.22. The smallest absolute Gasteiger partial charge is 0.174 e. The molecule has 7 nitrogen and oxygen atoms in total. The van der Waals surface area contributed by atoms with Crippen molar-refractivity contribution in [2.75, 3.05) is 26.3 Å². The second kappa shape index (κ2) is 8.11. The first-order valence-corrected chi connectivity index (χ1v) is 8.91. The zero-order chi connectivity index (χ0) is 18.5. The maximum Gasteiger partial charge on any atom is 0.174 e. The molecule has 0 spiro atoms. The predicted octanol–water partition coefficient (Wildman–Crippen LogP) is 2.51. The lowest BCUT2D eigenvalue weighted by Gasteiger charge is -2.26. The van der Waals surface area contributed by atoms with Crippen LogP contribution in [0.3, 0.4) is 0 Å². The molecule has 0 unspecified atom stereocenters. The lowest BCUT2D eigenvalue weighted by Crippen LogP contribution is -2.37. The standard InChI is InChI=1S/C20H21N5O2/c26-18-6-2-1-5-17(18)20-22-19(8-7-16-4-3-9-21-14-16)23-25(20)15-24-10-12-27-13-11-24/h1-9,14,26H,10-13,15H2/b8-7+. The summed E-state index contributed by atoms with van der Waals surface area (Å²) in [7, 11) is 0. The normalized spacial score (nSPS) is 15.4. The second-order valence-electron chi connectivity index (χ2n) is 6.30. The van der Waals surface area contributed by atoms with E-state index in [1.54, 1.807) is 24.5 Å². The van der Waals surface area contributed by atoms with E-state index >= 15 is 0 Å². The summed E-state index contributed by atoms with van der Waals surface area (Å²) >= 11 is 0. The van der Waals surface area contributed by atoms with Crippen molar-refractivity contribution in [1.29, 1.82) is 0 Å². The molecule has 3 aromatic rings. The molecule has 7 heteroatoms. The van der Waals surface area contributed by atoms with Crippen LogP contribution in [0.4, 0.5) is 0 Å². The first kappa shape index (κ1) is 17.4. The van der Waals surface area contributed by atoms with Crippen LogP contribution >= 0.6 is 0 Å². The van der Waals surface area contributed by atoms with Gasteiger partial charge in [-0.2, -0.15) is 0 Å². The summed E-state index contributed by atoms with van der Waals surface area (Å²) in [6.07, 6.45) is 7.31. The van der Waals surface area contributed by atoms with Gasteiger partial charge in [0.25, 0.3) is 0 Å². The largest absolute Gasteiger partial charge is 0.507 e. The van der Waals surface area contributed by atoms with Crippen molar-refractivity contribution in [3.63, 3.8) is 0 Å². The van der Waals surface area contributed by atoms with Gasteiger partial charge in [-0.05, 0) is 35.9 Å². The number of pyridine rings is 1. The topological polar surface area (TPSA) is 76.3 Å². The van der Waals surface area contributed by atoms with Crippen LogP contribution in [0.25, 0.3) is 23.5 Å².